The van der Waals surface area contributed by atoms with Crippen molar-refractivity contribution in [3.8, 4) is 11.5 Å². The lowest BCUT2D eigenvalue weighted by atomic mass is 10.0. The average Bonchev–Trinajstić information content (AvgIpc) is 3.53. The molecule has 0 saturated heterocycles. The van der Waals surface area contributed by atoms with E-state index >= 15 is 0 Å². The van der Waals surface area contributed by atoms with Gasteiger partial charge in [0.15, 0.2) is 11.5 Å². The normalized spacial score (nSPS) is 14.4. The minimum Gasteiger partial charge on any atom is -0.454 e. The number of carbonyl (C=O) groups is 1. The van der Waals surface area contributed by atoms with Gasteiger partial charge in [-0.2, -0.15) is 0 Å². The Morgan fingerprint density at radius 2 is 1.85 bits per heavy atom. The molecule has 0 unspecified atom stereocenters. The molecule has 4 heterocycles. The van der Waals surface area contributed by atoms with Crippen LogP contribution in [0.4, 0.5) is 5.69 Å². The number of para-hydroxylation sites is 1. The van der Waals surface area contributed by atoms with Crippen LogP contribution in [0.25, 0.3) is 10.2 Å². The predicted molar refractivity (Wildman–Crippen MR) is 129 cm³/mol. The van der Waals surface area contributed by atoms with Crippen LogP contribution >= 0.6 is 11.3 Å². The van der Waals surface area contributed by atoms with Gasteiger partial charge in [0, 0.05) is 12.2 Å². The van der Waals surface area contributed by atoms with E-state index in [1.807, 2.05) is 24.3 Å². The number of thiophene rings is 1. The fourth-order valence-corrected chi connectivity index (χ4v) is 5.50. The molecule has 2 aromatic heterocycles. The van der Waals surface area contributed by atoms with Crippen LogP contribution in [-0.2, 0) is 24.3 Å². The lowest BCUT2D eigenvalue weighted by molar-refractivity contribution is -0.119. The summed E-state index contributed by atoms with van der Waals surface area (Å²) in [6.45, 7) is 0.688. The zero-order chi connectivity index (χ0) is 23.2. The molecule has 2 aromatic carbocycles. The second-order valence-electron chi connectivity index (χ2n) is 8.36. The predicted octanol–water partition coefficient (Wildman–Crippen LogP) is 2.98. The van der Waals surface area contributed by atoms with Crippen molar-refractivity contribution in [1.29, 1.82) is 0 Å². The van der Waals surface area contributed by atoms with Gasteiger partial charge in [-0.15, -0.1) is 11.3 Å². The minimum absolute atomic E-state index is 0.0723. The van der Waals surface area contributed by atoms with E-state index in [1.165, 1.54) is 20.5 Å². The number of nitrogens with zero attached hydrogens (tertiary/aromatic N) is 3. The number of hydrogen-bond donors (Lipinski definition) is 0. The Hall–Kier alpha value is -3.85. The summed E-state index contributed by atoms with van der Waals surface area (Å²) in [6, 6.07) is 14.9. The maximum absolute atomic E-state index is 13.5. The molecule has 0 spiro atoms. The van der Waals surface area contributed by atoms with Crippen LogP contribution < -0.4 is 25.6 Å². The molecular weight excluding hydrogens is 454 g/mol. The van der Waals surface area contributed by atoms with Crippen molar-refractivity contribution < 1.29 is 14.3 Å². The first-order valence-electron chi connectivity index (χ1n) is 11.1. The summed E-state index contributed by atoms with van der Waals surface area (Å²) in [5, 5.41) is 1.77. The van der Waals surface area contributed by atoms with Gasteiger partial charge in [-0.25, -0.2) is 4.79 Å². The van der Waals surface area contributed by atoms with Crippen LogP contribution in [0.2, 0.25) is 0 Å². The summed E-state index contributed by atoms with van der Waals surface area (Å²) in [5.41, 5.74) is 2.37. The molecule has 2 aliphatic rings. The van der Waals surface area contributed by atoms with Crippen molar-refractivity contribution >= 4 is 33.1 Å². The number of amides is 1. The topological polar surface area (TPSA) is 82.8 Å². The fraction of sp³-hybridized carbons (Fsp3) is 0.240. The van der Waals surface area contributed by atoms with Crippen molar-refractivity contribution in [1.82, 2.24) is 9.13 Å². The standard InChI is InChI=1S/C25H21N3O5S/c29-22(26-10-3-5-17-4-1-2-6-18(17)26)14-27-19-9-11-34-23(19)24(30)28(25(27)31)13-16-7-8-20-21(12-16)33-15-32-20/h1-2,4,6-9,11-12H,3,5,10,13-15H2. The van der Waals surface area contributed by atoms with Crippen molar-refractivity contribution in [2.24, 2.45) is 0 Å². The quantitative estimate of drug-likeness (QED) is 0.453. The van der Waals surface area contributed by atoms with Gasteiger partial charge in [-0.1, -0.05) is 24.3 Å². The van der Waals surface area contributed by atoms with Crippen LogP contribution in [0.3, 0.4) is 0 Å². The monoisotopic (exact) mass is 475 g/mol. The molecule has 172 valence electrons. The first-order valence-corrected chi connectivity index (χ1v) is 12.0. The lowest BCUT2D eigenvalue weighted by Crippen LogP contribution is -2.44. The number of rotatable bonds is 4. The highest BCUT2D eigenvalue weighted by Gasteiger charge is 2.24. The van der Waals surface area contributed by atoms with Crippen molar-refractivity contribution in [3.05, 3.63) is 85.9 Å². The molecule has 6 rings (SSSR count). The molecule has 4 aromatic rings. The minimum atomic E-state index is -0.507. The first kappa shape index (κ1) is 20.7. The van der Waals surface area contributed by atoms with Gasteiger partial charge in [-0.05, 0) is 53.6 Å². The Kier molecular flexibility index (Phi) is 4.99. The Balaban J connectivity index is 1.39. The number of aryl methyl sites for hydroxylation is 1. The van der Waals surface area contributed by atoms with E-state index in [4.69, 9.17) is 9.47 Å². The molecule has 0 fully saturated rings. The van der Waals surface area contributed by atoms with Crippen LogP contribution in [0.1, 0.15) is 17.5 Å². The van der Waals surface area contributed by atoms with E-state index in [0.717, 1.165) is 29.7 Å². The smallest absolute Gasteiger partial charge is 0.332 e. The summed E-state index contributed by atoms with van der Waals surface area (Å²) in [5.74, 6) is 1.05. The highest BCUT2D eigenvalue weighted by atomic mass is 32.1. The molecule has 9 heteroatoms. The van der Waals surface area contributed by atoms with Crippen LogP contribution in [0.15, 0.2) is 63.5 Å². The number of benzene rings is 2. The summed E-state index contributed by atoms with van der Waals surface area (Å²) in [7, 11) is 0. The van der Waals surface area contributed by atoms with E-state index in [2.05, 4.69) is 0 Å². The average molecular weight is 476 g/mol. The lowest BCUT2D eigenvalue weighted by Gasteiger charge is -2.29. The molecular formula is C25H21N3O5S. The third-order valence-electron chi connectivity index (χ3n) is 6.32. The Morgan fingerprint density at radius 1 is 1.00 bits per heavy atom. The first-order chi connectivity index (χ1) is 16.6. The van der Waals surface area contributed by atoms with Crippen molar-refractivity contribution in [3.63, 3.8) is 0 Å². The number of aromatic nitrogens is 2. The Bertz CT molecular complexity index is 1550. The zero-order valence-electron chi connectivity index (χ0n) is 18.2. The van der Waals surface area contributed by atoms with E-state index in [0.29, 0.717) is 28.3 Å². The molecule has 0 saturated carbocycles. The van der Waals surface area contributed by atoms with Crippen molar-refractivity contribution in [2.75, 3.05) is 18.2 Å². The molecule has 0 aliphatic carbocycles. The summed E-state index contributed by atoms with van der Waals surface area (Å²) in [4.78, 5) is 41.8. The van der Waals surface area contributed by atoms with E-state index in [-0.39, 0.29) is 31.3 Å². The van der Waals surface area contributed by atoms with Gasteiger partial charge in [0.1, 0.15) is 11.2 Å². The molecule has 0 radical (unpaired) electrons. The highest BCUT2D eigenvalue weighted by molar-refractivity contribution is 7.17. The molecule has 1 amide bonds. The number of hydrogen-bond acceptors (Lipinski definition) is 6. The van der Waals surface area contributed by atoms with Gasteiger partial charge < -0.3 is 14.4 Å². The Labute approximate surface area is 198 Å². The molecule has 8 nitrogen and oxygen atoms in total. The summed E-state index contributed by atoms with van der Waals surface area (Å²) < 4.78 is 13.8. The Morgan fingerprint density at radius 3 is 2.76 bits per heavy atom. The second-order valence-corrected chi connectivity index (χ2v) is 9.28. The SMILES string of the molecule is O=C(Cn1c(=O)n(Cc2ccc3c(c2)OCO3)c(=O)c2sccc21)N1CCCc2ccccc21. The second kappa shape index (κ2) is 8.18. The number of fused-ring (bicyclic) bond motifs is 3. The molecule has 0 atom stereocenters. The van der Waals surface area contributed by atoms with Gasteiger partial charge in [0.2, 0.25) is 12.7 Å². The molecule has 34 heavy (non-hydrogen) atoms. The van der Waals surface area contributed by atoms with Crippen LogP contribution in [-0.4, -0.2) is 28.4 Å². The van der Waals surface area contributed by atoms with Gasteiger partial charge in [-0.3, -0.25) is 18.7 Å². The van der Waals surface area contributed by atoms with E-state index in [1.54, 1.807) is 34.5 Å². The van der Waals surface area contributed by atoms with E-state index in [9.17, 15) is 14.4 Å². The third kappa shape index (κ3) is 3.40. The number of anilines is 1. The zero-order valence-corrected chi connectivity index (χ0v) is 19.0. The van der Waals surface area contributed by atoms with Crippen LogP contribution in [0, 0.1) is 0 Å². The number of carbonyl (C=O) groups excluding carboxylic acids is 1. The largest absolute Gasteiger partial charge is 0.454 e. The maximum Gasteiger partial charge on any atom is 0.332 e. The molecule has 0 bridgehead atoms. The highest BCUT2D eigenvalue weighted by Crippen LogP contribution is 2.32. The maximum atomic E-state index is 13.5. The van der Waals surface area contributed by atoms with Crippen LogP contribution in [0.5, 0.6) is 11.5 Å². The van der Waals surface area contributed by atoms with Gasteiger partial charge >= 0.3 is 5.69 Å². The molecule has 0 N–H and O–H groups in total. The number of ether oxygens (including phenoxy) is 2. The summed E-state index contributed by atoms with van der Waals surface area (Å²) >= 11 is 1.27. The van der Waals surface area contributed by atoms with E-state index < -0.39 is 5.69 Å². The molecule has 2 aliphatic heterocycles. The fourth-order valence-electron chi connectivity index (χ4n) is 4.66. The van der Waals surface area contributed by atoms with Gasteiger partial charge in [0.25, 0.3) is 5.56 Å². The van der Waals surface area contributed by atoms with Crippen molar-refractivity contribution in [2.45, 2.75) is 25.9 Å². The van der Waals surface area contributed by atoms with Gasteiger partial charge in [0.05, 0.1) is 12.1 Å². The third-order valence-corrected chi connectivity index (χ3v) is 7.21. The summed E-state index contributed by atoms with van der Waals surface area (Å²) in [6.07, 6.45) is 1.80.